The molecule has 0 radical (unpaired) electrons. The smallest absolute Gasteiger partial charge is 0.326 e. The third-order valence-electron chi connectivity index (χ3n) is 2.24. The molecule has 0 spiro atoms. The van der Waals surface area contributed by atoms with E-state index in [2.05, 4.69) is 10.6 Å². The van der Waals surface area contributed by atoms with Crippen molar-refractivity contribution >= 4 is 17.9 Å². The van der Waals surface area contributed by atoms with Gasteiger partial charge in [-0.3, -0.25) is 4.79 Å². The van der Waals surface area contributed by atoms with Crippen molar-refractivity contribution < 1.29 is 24.2 Å². The standard InChI is InChI=1S/C10H19N3O5/c1-6(18-2)5-12-10(17)13-7(9(15)16)3-4-8(11)14/h6-7H,3-5H2,1-2H3,(H2,11,14)(H,15,16)(H2,12,13,17)/t6?,7-/m1/s1. The van der Waals surface area contributed by atoms with Gasteiger partial charge in [0.15, 0.2) is 0 Å². The topological polar surface area (TPSA) is 131 Å². The number of urea groups is 1. The van der Waals surface area contributed by atoms with E-state index in [1.807, 2.05) is 0 Å². The number of methoxy groups -OCH3 is 1. The molecule has 1 unspecified atom stereocenters. The number of nitrogens with one attached hydrogen (secondary N) is 2. The molecular weight excluding hydrogens is 242 g/mol. The number of aliphatic carboxylic acids is 1. The molecule has 0 aliphatic rings. The molecule has 0 bridgehead atoms. The number of carboxylic acids is 1. The zero-order chi connectivity index (χ0) is 14.1. The van der Waals surface area contributed by atoms with Crippen molar-refractivity contribution in [2.24, 2.45) is 5.73 Å². The highest BCUT2D eigenvalue weighted by Crippen LogP contribution is 1.97. The third-order valence-corrected chi connectivity index (χ3v) is 2.24. The number of carbonyl (C=O) groups excluding carboxylic acids is 2. The summed E-state index contributed by atoms with van der Waals surface area (Å²) in [6.45, 7) is 2.01. The lowest BCUT2D eigenvalue weighted by atomic mass is 10.1. The Bertz CT molecular complexity index is 308. The number of hydrogen-bond donors (Lipinski definition) is 4. The summed E-state index contributed by atoms with van der Waals surface area (Å²) in [5, 5.41) is 13.5. The molecule has 5 N–H and O–H groups in total. The van der Waals surface area contributed by atoms with Crippen LogP contribution in [0.2, 0.25) is 0 Å². The molecule has 0 heterocycles. The van der Waals surface area contributed by atoms with Gasteiger partial charge in [-0.05, 0) is 13.3 Å². The summed E-state index contributed by atoms with van der Waals surface area (Å²) < 4.78 is 4.91. The highest BCUT2D eigenvalue weighted by Gasteiger charge is 2.20. The number of ether oxygens (including phenoxy) is 1. The second kappa shape index (κ2) is 8.29. The Morgan fingerprint density at radius 2 is 2.00 bits per heavy atom. The first-order valence-corrected chi connectivity index (χ1v) is 5.45. The molecule has 0 aromatic carbocycles. The molecule has 0 saturated heterocycles. The monoisotopic (exact) mass is 261 g/mol. The average molecular weight is 261 g/mol. The van der Waals surface area contributed by atoms with E-state index in [1.54, 1.807) is 6.92 Å². The van der Waals surface area contributed by atoms with E-state index in [4.69, 9.17) is 15.6 Å². The van der Waals surface area contributed by atoms with Crippen LogP contribution in [0.3, 0.4) is 0 Å². The fraction of sp³-hybridized carbons (Fsp3) is 0.700. The molecule has 0 aromatic rings. The van der Waals surface area contributed by atoms with Crippen molar-refractivity contribution in [2.45, 2.75) is 31.9 Å². The van der Waals surface area contributed by atoms with E-state index in [0.29, 0.717) is 0 Å². The summed E-state index contributed by atoms with van der Waals surface area (Å²) in [6, 6.07) is -1.77. The molecule has 8 heteroatoms. The fourth-order valence-electron chi connectivity index (χ4n) is 1.07. The fourth-order valence-corrected chi connectivity index (χ4v) is 1.07. The molecule has 0 rings (SSSR count). The predicted molar refractivity (Wildman–Crippen MR) is 62.9 cm³/mol. The Hall–Kier alpha value is -1.83. The number of carbonyl (C=O) groups is 3. The second-order valence-electron chi connectivity index (χ2n) is 3.80. The number of carboxylic acid groups (broad SMARTS) is 1. The quantitative estimate of drug-likeness (QED) is 0.447. The lowest BCUT2D eigenvalue weighted by molar-refractivity contribution is -0.139. The average Bonchev–Trinajstić information content (AvgIpc) is 2.30. The number of primary amides is 1. The van der Waals surface area contributed by atoms with Crippen molar-refractivity contribution in [3.63, 3.8) is 0 Å². The van der Waals surface area contributed by atoms with Gasteiger partial charge in [0.05, 0.1) is 6.10 Å². The van der Waals surface area contributed by atoms with Crippen LogP contribution >= 0.6 is 0 Å². The summed E-state index contributed by atoms with van der Waals surface area (Å²) in [4.78, 5) is 32.7. The molecule has 18 heavy (non-hydrogen) atoms. The van der Waals surface area contributed by atoms with Gasteiger partial charge < -0.3 is 26.2 Å². The number of rotatable bonds is 8. The molecule has 2 atom stereocenters. The van der Waals surface area contributed by atoms with E-state index in [-0.39, 0.29) is 25.5 Å². The normalized spacial score (nSPS) is 13.4. The summed E-state index contributed by atoms with van der Waals surface area (Å²) in [6.07, 6.45) is -0.325. The minimum Gasteiger partial charge on any atom is -0.480 e. The molecule has 0 fully saturated rings. The van der Waals surface area contributed by atoms with E-state index in [9.17, 15) is 14.4 Å². The summed E-state index contributed by atoms with van der Waals surface area (Å²) in [7, 11) is 1.50. The SMILES string of the molecule is COC(C)CNC(=O)N[C@H](CCC(N)=O)C(=O)O. The molecule has 3 amide bonds. The second-order valence-corrected chi connectivity index (χ2v) is 3.80. The van der Waals surface area contributed by atoms with Gasteiger partial charge in [0.25, 0.3) is 0 Å². The van der Waals surface area contributed by atoms with Gasteiger partial charge in [0.2, 0.25) is 5.91 Å². The van der Waals surface area contributed by atoms with Gasteiger partial charge in [0, 0.05) is 20.1 Å². The number of amides is 3. The molecule has 0 aliphatic heterocycles. The highest BCUT2D eigenvalue weighted by atomic mass is 16.5. The van der Waals surface area contributed by atoms with Crippen LogP contribution in [0.4, 0.5) is 4.79 Å². The minimum atomic E-state index is -1.22. The summed E-state index contributed by atoms with van der Waals surface area (Å²) in [5.41, 5.74) is 4.91. The lowest BCUT2D eigenvalue weighted by Crippen LogP contribution is -2.47. The first kappa shape index (κ1) is 16.2. The van der Waals surface area contributed by atoms with E-state index in [0.717, 1.165) is 0 Å². The maximum Gasteiger partial charge on any atom is 0.326 e. The van der Waals surface area contributed by atoms with Crippen molar-refractivity contribution in [1.82, 2.24) is 10.6 Å². The number of hydrogen-bond acceptors (Lipinski definition) is 4. The van der Waals surface area contributed by atoms with Gasteiger partial charge in [0.1, 0.15) is 6.04 Å². The first-order valence-electron chi connectivity index (χ1n) is 5.45. The van der Waals surface area contributed by atoms with Crippen LogP contribution in [-0.4, -0.2) is 48.8 Å². The Morgan fingerprint density at radius 1 is 1.39 bits per heavy atom. The van der Waals surface area contributed by atoms with Crippen LogP contribution < -0.4 is 16.4 Å². The van der Waals surface area contributed by atoms with Crippen molar-refractivity contribution in [1.29, 1.82) is 0 Å². The van der Waals surface area contributed by atoms with Crippen LogP contribution in [-0.2, 0) is 14.3 Å². The predicted octanol–water partition coefficient (Wildman–Crippen LogP) is -0.961. The van der Waals surface area contributed by atoms with Gasteiger partial charge in [-0.15, -0.1) is 0 Å². The van der Waals surface area contributed by atoms with Gasteiger partial charge in [-0.25, -0.2) is 9.59 Å². The Kier molecular flexibility index (Phi) is 7.45. The van der Waals surface area contributed by atoms with Gasteiger partial charge in [-0.2, -0.15) is 0 Å². The highest BCUT2D eigenvalue weighted by molar-refractivity contribution is 5.83. The molecule has 0 saturated carbocycles. The van der Waals surface area contributed by atoms with E-state index >= 15 is 0 Å². The Balaban J connectivity index is 4.11. The maximum absolute atomic E-state index is 11.4. The zero-order valence-electron chi connectivity index (χ0n) is 10.4. The largest absolute Gasteiger partial charge is 0.480 e. The van der Waals surface area contributed by atoms with E-state index in [1.165, 1.54) is 7.11 Å². The third kappa shape index (κ3) is 7.44. The summed E-state index contributed by atoms with van der Waals surface area (Å²) >= 11 is 0. The van der Waals surface area contributed by atoms with Crippen molar-refractivity contribution in [3.05, 3.63) is 0 Å². The molecule has 104 valence electrons. The lowest BCUT2D eigenvalue weighted by Gasteiger charge is -2.16. The van der Waals surface area contributed by atoms with Crippen LogP contribution in [0, 0.1) is 0 Å². The molecular formula is C10H19N3O5. The van der Waals surface area contributed by atoms with Gasteiger partial charge >= 0.3 is 12.0 Å². The Morgan fingerprint density at radius 3 is 2.44 bits per heavy atom. The summed E-state index contributed by atoms with van der Waals surface area (Å²) in [5.74, 6) is -1.83. The van der Waals surface area contributed by atoms with Crippen LogP contribution in [0.15, 0.2) is 0 Å². The minimum absolute atomic E-state index is 0.0437. The first-order chi connectivity index (χ1) is 8.36. The van der Waals surface area contributed by atoms with Crippen LogP contribution in [0.5, 0.6) is 0 Å². The van der Waals surface area contributed by atoms with E-state index < -0.39 is 23.9 Å². The van der Waals surface area contributed by atoms with Crippen LogP contribution in [0.1, 0.15) is 19.8 Å². The van der Waals surface area contributed by atoms with Crippen molar-refractivity contribution in [2.75, 3.05) is 13.7 Å². The molecule has 8 nitrogen and oxygen atoms in total. The van der Waals surface area contributed by atoms with Crippen molar-refractivity contribution in [3.8, 4) is 0 Å². The number of nitrogens with two attached hydrogens (primary N) is 1. The molecule has 0 aliphatic carbocycles. The van der Waals surface area contributed by atoms with Crippen LogP contribution in [0.25, 0.3) is 0 Å². The maximum atomic E-state index is 11.4. The molecule has 0 aromatic heterocycles. The Labute approximate surface area is 105 Å². The van der Waals surface area contributed by atoms with Gasteiger partial charge in [-0.1, -0.05) is 0 Å². The zero-order valence-corrected chi connectivity index (χ0v) is 10.4.